The molecule has 90 valence electrons. The predicted molar refractivity (Wildman–Crippen MR) is 67.5 cm³/mol. The molecule has 1 atom stereocenters. The first-order valence-corrected chi connectivity index (χ1v) is 5.69. The number of benzene rings is 1. The van der Waals surface area contributed by atoms with Crippen molar-refractivity contribution >= 4 is 11.6 Å². The van der Waals surface area contributed by atoms with Crippen LogP contribution in [0.25, 0.3) is 0 Å². The molecule has 0 saturated carbocycles. The van der Waals surface area contributed by atoms with Crippen molar-refractivity contribution in [3.8, 4) is 6.07 Å². The van der Waals surface area contributed by atoms with Gasteiger partial charge in [0.1, 0.15) is 0 Å². The molecule has 0 aliphatic carbocycles. The number of carbonyl (C=O) groups is 1. The average Bonchev–Trinajstić information content (AvgIpc) is 2.36. The van der Waals surface area contributed by atoms with Crippen LogP contribution in [0.1, 0.15) is 25.8 Å². The Kier molecular flexibility index (Phi) is 5.18. The summed E-state index contributed by atoms with van der Waals surface area (Å²) in [5.74, 6) is -0.0741. The molecule has 0 spiro atoms. The molecule has 0 aliphatic heterocycles. The van der Waals surface area contributed by atoms with Crippen LogP contribution in [0.4, 0.5) is 5.69 Å². The number of hydrogen-bond donors (Lipinski definition) is 2. The maximum Gasteiger partial charge on any atom is 0.238 e. The van der Waals surface area contributed by atoms with Gasteiger partial charge in [-0.2, -0.15) is 5.26 Å². The van der Waals surface area contributed by atoms with E-state index in [0.717, 1.165) is 6.42 Å². The van der Waals surface area contributed by atoms with Crippen LogP contribution in [0.2, 0.25) is 0 Å². The Bertz CT molecular complexity index is 406. The van der Waals surface area contributed by atoms with Gasteiger partial charge >= 0.3 is 0 Å². The third-order valence-corrected chi connectivity index (χ3v) is 2.52. The van der Waals surface area contributed by atoms with Crippen LogP contribution in [-0.4, -0.2) is 18.5 Å². The fourth-order valence-corrected chi connectivity index (χ4v) is 1.24. The van der Waals surface area contributed by atoms with Crippen molar-refractivity contribution in [1.82, 2.24) is 5.32 Å². The Morgan fingerprint density at radius 1 is 1.41 bits per heavy atom. The van der Waals surface area contributed by atoms with Gasteiger partial charge in [0.25, 0.3) is 0 Å². The first-order chi connectivity index (χ1) is 8.15. The third kappa shape index (κ3) is 4.66. The lowest BCUT2D eigenvalue weighted by atomic mass is 10.2. The van der Waals surface area contributed by atoms with Crippen LogP contribution in [0, 0.1) is 11.3 Å². The van der Waals surface area contributed by atoms with E-state index in [4.69, 9.17) is 5.26 Å². The third-order valence-electron chi connectivity index (χ3n) is 2.52. The van der Waals surface area contributed by atoms with Crippen LogP contribution in [-0.2, 0) is 4.79 Å². The molecule has 0 saturated heterocycles. The monoisotopic (exact) mass is 231 g/mol. The van der Waals surface area contributed by atoms with Gasteiger partial charge in [-0.1, -0.05) is 6.92 Å². The Morgan fingerprint density at radius 2 is 2.06 bits per heavy atom. The highest BCUT2D eigenvalue weighted by molar-refractivity contribution is 5.92. The molecule has 1 unspecified atom stereocenters. The second-order valence-corrected chi connectivity index (χ2v) is 3.93. The second kappa shape index (κ2) is 6.66. The summed E-state index contributed by atoms with van der Waals surface area (Å²) in [7, 11) is 0. The molecule has 0 aromatic heterocycles. The van der Waals surface area contributed by atoms with Crippen molar-refractivity contribution in [3.05, 3.63) is 29.8 Å². The van der Waals surface area contributed by atoms with Crippen molar-refractivity contribution < 1.29 is 4.79 Å². The fourth-order valence-electron chi connectivity index (χ4n) is 1.24. The van der Waals surface area contributed by atoms with Crippen molar-refractivity contribution in [2.45, 2.75) is 26.3 Å². The molecule has 0 aliphatic rings. The van der Waals surface area contributed by atoms with Gasteiger partial charge < -0.3 is 10.6 Å². The molecule has 1 rings (SSSR count). The van der Waals surface area contributed by atoms with Gasteiger partial charge in [0.2, 0.25) is 5.91 Å². The molecule has 0 heterocycles. The lowest BCUT2D eigenvalue weighted by Crippen LogP contribution is -2.33. The standard InChI is InChI=1S/C13H17N3O/c1-3-10(2)15-9-13(17)16-12-6-4-11(8-14)5-7-12/h4-7,10,15H,3,9H2,1-2H3,(H,16,17). The highest BCUT2D eigenvalue weighted by atomic mass is 16.1. The Hall–Kier alpha value is -1.86. The van der Waals surface area contributed by atoms with E-state index in [2.05, 4.69) is 17.6 Å². The number of anilines is 1. The second-order valence-electron chi connectivity index (χ2n) is 3.93. The van der Waals surface area contributed by atoms with E-state index in [1.54, 1.807) is 24.3 Å². The van der Waals surface area contributed by atoms with Crippen LogP contribution in [0.3, 0.4) is 0 Å². The number of carbonyl (C=O) groups excluding carboxylic acids is 1. The number of nitrogens with zero attached hydrogens (tertiary/aromatic N) is 1. The minimum atomic E-state index is -0.0741. The summed E-state index contributed by atoms with van der Waals surface area (Å²) in [6.07, 6.45) is 0.990. The predicted octanol–water partition coefficient (Wildman–Crippen LogP) is 1.88. The summed E-state index contributed by atoms with van der Waals surface area (Å²) in [4.78, 5) is 11.5. The Labute approximate surface area is 102 Å². The van der Waals surface area contributed by atoms with Crippen molar-refractivity contribution in [2.24, 2.45) is 0 Å². The number of amides is 1. The van der Waals surface area contributed by atoms with Gasteiger partial charge in [-0.15, -0.1) is 0 Å². The average molecular weight is 231 g/mol. The molecule has 2 N–H and O–H groups in total. The van der Waals surface area contributed by atoms with Gasteiger partial charge in [-0.05, 0) is 37.6 Å². The lowest BCUT2D eigenvalue weighted by Gasteiger charge is -2.11. The topological polar surface area (TPSA) is 64.9 Å². The van der Waals surface area contributed by atoms with E-state index >= 15 is 0 Å². The smallest absolute Gasteiger partial charge is 0.238 e. The molecule has 0 bridgehead atoms. The van der Waals surface area contributed by atoms with Crippen molar-refractivity contribution in [2.75, 3.05) is 11.9 Å². The number of nitrogens with one attached hydrogen (secondary N) is 2. The summed E-state index contributed by atoms with van der Waals surface area (Å²) in [6, 6.07) is 9.17. The van der Waals surface area contributed by atoms with E-state index in [0.29, 0.717) is 23.8 Å². The molecule has 0 radical (unpaired) electrons. The van der Waals surface area contributed by atoms with Crippen LogP contribution >= 0.6 is 0 Å². The first-order valence-electron chi connectivity index (χ1n) is 5.69. The molecule has 4 nitrogen and oxygen atoms in total. The first kappa shape index (κ1) is 13.2. The largest absolute Gasteiger partial charge is 0.325 e. The zero-order valence-corrected chi connectivity index (χ0v) is 10.2. The summed E-state index contributed by atoms with van der Waals surface area (Å²) in [5.41, 5.74) is 1.29. The highest BCUT2D eigenvalue weighted by Crippen LogP contribution is 2.08. The van der Waals surface area contributed by atoms with Gasteiger partial charge in [-0.25, -0.2) is 0 Å². The molecule has 1 aromatic rings. The number of hydrogen-bond acceptors (Lipinski definition) is 3. The van der Waals surface area contributed by atoms with E-state index in [9.17, 15) is 4.79 Å². The van der Waals surface area contributed by atoms with Gasteiger partial charge in [0, 0.05) is 11.7 Å². The molecule has 1 amide bonds. The van der Waals surface area contributed by atoms with Gasteiger partial charge in [-0.3, -0.25) is 4.79 Å². The van der Waals surface area contributed by atoms with Crippen LogP contribution in [0.15, 0.2) is 24.3 Å². The summed E-state index contributed by atoms with van der Waals surface area (Å²) >= 11 is 0. The minimum Gasteiger partial charge on any atom is -0.325 e. The van der Waals surface area contributed by atoms with Crippen molar-refractivity contribution in [1.29, 1.82) is 5.26 Å². The fraction of sp³-hybridized carbons (Fsp3) is 0.385. The number of nitriles is 1. The molecule has 0 fully saturated rings. The lowest BCUT2D eigenvalue weighted by molar-refractivity contribution is -0.115. The van der Waals surface area contributed by atoms with Crippen LogP contribution < -0.4 is 10.6 Å². The van der Waals surface area contributed by atoms with E-state index < -0.39 is 0 Å². The van der Waals surface area contributed by atoms with E-state index in [-0.39, 0.29) is 5.91 Å². The summed E-state index contributed by atoms with van der Waals surface area (Å²) in [5, 5.41) is 14.5. The van der Waals surface area contributed by atoms with E-state index in [1.165, 1.54) is 0 Å². The SMILES string of the molecule is CCC(C)NCC(=O)Nc1ccc(C#N)cc1. The van der Waals surface area contributed by atoms with Crippen LogP contribution in [0.5, 0.6) is 0 Å². The molecule has 17 heavy (non-hydrogen) atoms. The molecule has 1 aromatic carbocycles. The molecule has 4 heteroatoms. The van der Waals surface area contributed by atoms with Gasteiger partial charge in [0.15, 0.2) is 0 Å². The minimum absolute atomic E-state index is 0.0741. The van der Waals surface area contributed by atoms with Gasteiger partial charge in [0.05, 0.1) is 18.2 Å². The number of rotatable bonds is 5. The van der Waals surface area contributed by atoms with E-state index in [1.807, 2.05) is 13.0 Å². The quantitative estimate of drug-likeness (QED) is 0.813. The van der Waals surface area contributed by atoms with Crippen molar-refractivity contribution in [3.63, 3.8) is 0 Å². The molecular weight excluding hydrogens is 214 g/mol. The molecular formula is C13H17N3O. The maximum atomic E-state index is 11.5. The summed E-state index contributed by atoms with van der Waals surface area (Å²) in [6.45, 7) is 4.40. The summed E-state index contributed by atoms with van der Waals surface area (Å²) < 4.78 is 0. The normalized spacial score (nSPS) is 11.6. The zero-order chi connectivity index (χ0) is 12.7. The zero-order valence-electron chi connectivity index (χ0n) is 10.2. The Morgan fingerprint density at radius 3 is 2.59 bits per heavy atom. The Balaban J connectivity index is 2.43. The highest BCUT2D eigenvalue weighted by Gasteiger charge is 2.04. The maximum absolute atomic E-state index is 11.5.